The Balaban J connectivity index is 1.42. The summed E-state index contributed by atoms with van der Waals surface area (Å²) in [5.41, 5.74) is 14.7. The van der Waals surface area contributed by atoms with Crippen LogP contribution in [-0.4, -0.2) is 57.5 Å². The molecule has 2 aliphatic heterocycles. The number of piperidine rings is 1. The van der Waals surface area contributed by atoms with Crippen LogP contribution in [0.2, 0.25) is 5.02 Å². The fourth-order valence-corrected chi connectivity index (χ4v) is 4.35. The zero-order valence-corrected chi connectivity index (χ0v) is 16.0. The molecule has 28 heavy (non-hydrogen) atoms. The Morgan fingerprint density at radius 2 is 2.11 bits per heavy atom. The van der Waals surface area contributed by atoms with Gasteiger partial charge in [-0.05, 0) is 18.9 Å². The summed E-state index contributed by atoms with van der Waals surface area (Å²) >= 11 is 6.29. The van der Waals surface area contributed by atoms with Gasteiger partial charge < -0.3 is 21.1 Å². The van der Waals surface area contributed by atoms with Gasteiger partial charge in [0.1, 0.15) is 22.8 Å². The van der Waals surface area contributed by atoms with Crippen LogP contribution in [0.25, 0.3) is 22.4 Å². The van der Waals surface area contributed by atoms with Gasteiger partial charge in [-0.25, -0.2) is 15.0 Å². The summed E-state index contributed by atoms with van der Waals surface area (Å²) in [6.45, 7) is 3.17. The van der Waals surface area contributed by atoms with Crippen LogP contribution in [0, 0.1) is 5.41 Å². The number of fused-ring (bicyclic) bond motifs is 1. The van der Waals surface area contributed by atoms with Crippen LogP contribution in [0.5, 0.6) is 0 Å². The van der Waals surface area contributed by atoms with E-state index in [1.165, 1.54) is 0 Å². The molecule has 5 heterocycles. The number of nitrogens with two attached hydrogens (primary N) is 2. The second kappa shape index (κ2) is 6.54. The third-order valence-corrected chi connectivity index (χ3v) is 6.38. The zero-order valence-electron chi connectivity index (χ0n) is 15.2. The molecular weight excluding hydrogens is 380 g/mol. The number of aromatic amines is 1. The summed E-state index contributed by atoms with van der Waals surface area (Å²) in [5, 5.41) is 7.67. The van der Waals surface area contributed by atoms with Crippen molar-refractivity contribution in [3.05, 3.63) is 23.5 Å². The fourth-order valence-electron chi connectivity index (χ4n) is 4.15. The molecule has 5 rings (SSSR count). The lowest BCUT2D eigenvalue weighted by Gasteiger charge is -2.41. The molecule has 2 saturated heterocycles. The van der Waals surface area contributed by atoms with E-state index in [9.17, 15) is 0 Å². The number of nitrogens with zero attached hydrogens (tertiary/aromatic N) is 5. The van der Waals surface area contributed by atoms with Gasteiger partial charge in [-0.1, -0.05) is 11.6 Å². The Morgan fingerprint density at radius 1 is 1.29 bits per heavy atom. The Kier molecular flexibility index (Phi) is 4.11. The molecule has 0 amide bonds. The van der Waals surface area contributed by atoms with Gasteiger partial charge in [0, 0.05) is 36.3 Å². The molecule has 0 radical (unpaired) electrons. The number of hydrogen-bond acceptors (Lipinski definition) is 8. The molecule has 1 atom stereocenters. The van der Waals surface area contributed by atoms with E-state index >= 15 is 0 Å². The summed E-state index contributed by atoms with van der Waals surface area (Å²) in [4.78, 5) is 15.5. The number of halogens is 1. The van der Waals surface area contributed by atoms with E-state index < -0.39 is 0 Å². The average Bonchev–Trinajstić information content (AvgIpc) is 3.28. The van der Waals surface area contributed by atoms with E-state index in [1.54, 1.807) is 18.5 Å². The lowest BCUT2D eigenvalue weighted by Crippen LogP contribution is -2.49. The van der Waals surface area contributed by atoms with Crippen LogP contribution >= 0.6 is 11.6 Å². The molecule has 1 spiro atoms. The molecule has 2 aliphatic rings. The van der Waals surface area contributed by atoms with Crippen molar-refractivity contribution in [3.8, 4) is 11.3 Å². The minimum Gasteiger partial charge on any atom is -0.382 e. The standard InChI is InChI=1S/C18H21ClN8O/c19-13-10(1-4-22-16(13)21)14-15-17(26-25-14)24-12(7-23-15)27-5-2-18(3-6-27)9-28-8-11(18)20/h1,4,7,11H,2-3,5-6,8-9,20H2,(H2,21,22)(H,24,25,26)/t11-/m1/s1. The van der Waals surface area contributed by atoms with E-state index in [1.807, 2.05) is 0 Å². The lowest BCUT2D eigenvalue weighted by atomic mass is 9.75. The van der Waals surface area contributed by atoms with Crippen molar-refractivity contribution in [2.45, 2.75) is 18.9 Å². The fraction of sp³-hybridized carbons (Fsp3) is 0.444. The second-order valence-corrected chi connectivity index (χ2v) is 7.90. The molecule has 0 unspecified atom stereocenters. The monoisotopic (exact) mass is 400 g/mol. The second-order valence-electron chi connectivity index (χ2n) is 7.53. The number of H-pyrrole nitrogens is 1. The van der Waals surface area contributed by atoms with E-state index in [4.69, 9.17) is 32.8 Å². The van der Waals surface area contributed by atoms with Crippen LogP contribution in [0.4, 0.5) is 11.6 Å². The molecule has 146 valence electrons. The molecule has 0 saturated carbocycles. The summed E-state index contributed by atoms with van der Waals surface area (Å²) in [7, 11) is 0. The summed E-state index contributed by atoms with van der Waals surface area (Å²) in [6, 6.07) is 1.89. The number of hydrogen-bond donors (Lipinski definition) is 3. The molecule has 0 aromatic carbocycles. The summed E-state index contributed by atoms with van der Waals surface area (Å²) in [5.74, 6) is 1.08. The van der Waals surface area contributed by atoms with Gasteiger partial charge in [0.15, 0.2) is 5.65 Å². The summed E-state index contributed by atoms with van der Waals surface area (Å²) in [6.07, 6.45) is 5.37. The van der Waals surface area contributed by atoms with E-state index in [-0.39, 0.29) is 17.3 Å². The molecule has 5 N–H and O–H groups in total. The maximum Gasteiger partial charge on any atom is 0.177 e. The highest BCUT2D eigenvalue weighted by Crippen LogP contribution is 2.39. The van der Waals surface area contributed by atoms with Crippen molar-refractivity contribution >= 4 is 34.4 Å². The van der Waals surface area contributed by atoms with Gasteiger partial charge in [-0.15, -0.1) is 0 Å². The number of anilines is 2. The van der Waals surface area contributed by atoms with Crippen LogP contribution < -0.4 is 16.4 Å². The molecule has 10 heteroatoms. The molecular formula is C18H21ClN8O. The van der Waals surface area contributed by atoms with Gasteiger partial charge in [0.25, 0.3) is 0 Å². The van der Waals surface area contributed by atoms with Gasteiger partial charge in [0.05, 0.1) is 24.4 Å². The number of nitrogens with one attached hydrogen (secondary N) is 1. The number of rotatable bonds is 2. The van der Waals surface area contributed by atoms with E-state index in [2.05, 4.69) is 25.1 Å². The molecule has 0 bridgehead atoms. The third kappa shape index (κ3) is 2.69. The molecule has 9 nitrogen and oxygen atoms in total. The van der Waals surface area contributed by atoms with Crippen molar-refractivity contribution in [2.24, 2.45) is 11.1 Å². The maximum absolute atomic E-state index is 6.29. The van der Waals surface area contributed by atoms with Gasteiger partial charge in [-0.2, -0.15) is 5.10 Å². The van der Waals surface area contributed by atoms with Gasteiger partial charge in [-0.3, -0.25) is 5.10 Å². The minimum absolute atomic E-state index is 0.104. The average molecular weight is 401 g/mol. The lowest BCUT2D eigenvalue weighted by molar-refractivity contribution is 0.131. The Bertz CT molecular complexity index is 1030. The normalized spacial score (nSPS) is 21.6. The first-order chi connectivity index (χ1) is 13.6. The highest BCUT2D eigenvalue weighted by atomic mass is 35.5. The first-order valence-corrected chi connectivity index (χ1v) is 9.65. The number of nitrogen functional groups attached to an aromatic ring is 1. The van der Waals surface area contributed by atoms with Crippen molar-refractivity contribution in [1.29, 1.82) is 0 Å². The molecule has 3 aromatic heterocycles. The third-order valence-electron chi connectivity index (χ3n) is 5.99. The quantitative estimate of drug-likeness (QED) is 0.590. The Morgan fingerprint density at radius 3 is 2.86 bits per heavy atom. The van der Waals surface area contributed by atoms with E-state index in [0.29, 0.717) is 34.1 Å². The highest BCUT2D eigenvalue weighted by Gasteiger charge is 2.44. The van der Waals surface area contributed by atoms with Crippen LogP contribution in [0.15, 0.2) is 18.5 Å². The van der Waals surface area contributed by atoms with Crippen LogP contribution in [0.1, 0.15) is 12.8 Å². The van der Waals surface area contributed by atoms with Crippen molar-refractivity contribution in [1.82, 2.24) is 25.1 Å². The van der Waals surface area contributed by atoms with Gasteiger partial charge >= 0.3 is 0 Å². The predicted octanol–water partition coefficient (Wildman–Crippen LogP) is 1.59. The van der Waals surface area contributed by atoms with Gasteiger partial charge in [0.2, 0.25) is 0 Å². The topological polar surface area (TPSA) is 132 Å². The number of aromatic nitrogens is 5. The Labute approximate surface area is 166 Å². The van der Waals surface area contributed by atoms with E-state index in [0.717, 1.165) is 38.4 Å². The molecule has 0 aliphatic carbocycles. The first-order valence-electron chi connectivity index (χ1n) is 9.27. The molecule has 3 aromatic rings. The number of ether oxygens (including phenoxy) is 1. The van der Waals surface area contributed by atoms with Crippen molar-refractivity contribution in [3.63, 3.8) is 0 Å². The highest BCUT2D eigenvalue weighted by molar-refractivity contribution is 6.35. The zero-order chi connectivity index (χ0) is 19.3. The predicted molar refractivity (Wildman–Crippen MR) is 107 cm³/mol. The van der Waals surface area contributed by atoms with Crippen LogP contribution in [0.3, 0.4) is 0 Å². The van der Waals surface area contributed by atoms with Crippen LogP contribution in [-0.2, 0) is 4.74 Å². The maximum atomic E-state index is 6.29. The number of pyridine rings is 1. The minimum atomic E-state index is 0.104. The SMILES string of the molecule is Nc1nccc(-c2n[nH]c3nc(N4CCC5(CC4)COC[C@H]5N)cnc23)c1Cl. The van der Waals surface area contributed by atoms with Crippen molar-refractivity contribution < 1.29 is 4.74 Å². The van der Waals surface area contributed by atoms with Crippen molar-refractivity contribution in [2.75, 3.05) is 36.9 Å². The smallest absolute Gasteiger partial charge is 0.177 e. The largest absolute Gasteiger partial charge is 0.382 e. The first kappa shape index (κ1) is 17.6. The Hall–Kier alpha value is -2.49. The summed E-state index contributed by atoms with van der Waals surface area (Å²) < 4.78 is 5.60. The molecule has 2 fully saturated rings.